The molecule has 0 rings (SSSR count). The summed E-state index contributed by atoms with van der Waals surface area (Å²) in [4.78, 5) is 0. The minimum absolute atomic E-state index is 0.680. The van der Waals surface area contributed by atoms with Gasteiger partial charge in [0.2, 0.25) is 0 Å². The van der Waals surface area contributed by atoms with Gasteiger partial charge in [0.1, 0.15) is 0 Å². The van der Waals surface area contributed by atoms with Gasteiger partial charge in [-0.15, -0.1) is 0 Å². The number of rotatable bonds is 5. The molecule has 2 heteroatoms. The lowest BCUT2D eigenvalue weighted by Crippen LogP contribution is -2.14. The zero-order valence-corrected chi connectivity index (χ0v) is 8.08. The molecule has 0 bridgehead atoms. The molecule has 0 aromatic heterocycles. The second-order valence-electron chi connectivity index (χ2n) is 2.89. The van der Waals surface area contributed by atoms with Crippen LogP contribution in [0, 0.1) is 5.92 Å². The fourth-order valence-electron chi connectivity index (χ4n) is 0.514. The summed E-state index contributed by atoms with van der Waals surface area (Å²) in [7, 11) is 0. The van der Waals surface area contributed by atoms with Crippen LogP contribution in [0.5, 0.6) is 0 Å². The lowest BCUT2D eigenvalue weighted by molar-refractivity contribution is 0.673. The monoisotopic (exact) mass is 161 g/mol. The molecule has 2 N–H and O–H groups in total. The third-order valence-electron chi connectivity index (χ3n) is 1.64. The van der Waals surface area contributed by atoms with E-state index in [2.05, 4.69) is 20.8 Å². The van der Waals surface area contributed by atoms with E-state index in [0.717, 1.165) is 11.8 Å². The molecule has 0 aromatic rings. The largest absolute Gasteiger partial charge is 0.330 e. The molecule has 1 nitrogen and oxygen atoms in total. The zero-order valence-electron chi connectivity index (χ0n) is 7.26. The Labute approximate surface area is 68.8 Å². The summed E-state index contributed by atoms with van der Waals surface area (Å²) in [6.07, 6.45) is 1.27. The Morgan fingerprint density at radius 2 is 2.00 bits per heavy atom. The molecule has 0 saturated heterocycles. The van der Waals surface area contributed by atoms with E-state index < -0.39 is 0 Å². The van der Waals surface area contributed by atoms with Gasteiger partial charge in [0.15, 0.2) is 0 Å². The van der Waals surface area contributed by atoms with Crippen LogP contribution >= 0.6 is 11.8 Å². The summed E-state index contributed by atoms with van der Waals surface area (Å²) in [5, 5.41) is 0.800. The Bertz CT molecular complexity index is 65.7. The molecule has 2 atom stereocenters. The molecule has 0 fully saturated rings. The van der Waals surface area contributed by atoms with Crippen molar-refractivity contribution in [1.29, 1.82) is 0 Å². The van der Waals surface area contributed by atoms with Crippen molar-refractivity contribution in [2.45, 2.75) is 32.4 Å². The minimum atomic E-state index is 0.680. The lowest BCUT2D eigenvalue weighted by Gasteiger charge is -2.11. The molecule has 0 aliphatic heterocycles. The third kappa shape index (κ3) is 5.12. The molecule has 0 aliphatic rings. The Hall–Kier alpha value is 0.310. The van der Waals surface area contributed by atoms with Crippen LogP contribution in [0.15, 0.2) is 0 Å². The van der Waals surface area contributed by atoms with Crippen molar-refractivity contribution in [2.24, 2.45) is 11.7 Å². The molecule has 0 amide bonds. The summed E-state index contributed by atoms with van der Waals surface area (Å²) in [5.74, 6) is 1.89. The van der Waals surface area contributed by atoms with E-state index in [-0.39, 0.29) is 0 Å². The topological polar surface area (TPSA) is 26.0 Å². The average Bonchev–Trinajstić information content (AvgIpc) is 1.99. The first-order valence-corrected chi connectivity index (χ1v) is 5.07. The van der Waals surface area contributed by atoms with Gasteiger partial charge in [0.05, 0.1) is 0 Å². The summed E-state index contributed by atoms with van der Waals surface area (Å²) in [6.45, 7) is 7.53. The van der Waals surface area contributed by atoms with Crippen LogP contribution in [0.1, 0.15) is 27.2 Å². The van der Waals surface area contributed by atoms with Gasteiger partial charge in [0.25, 0.3) is 0 Å². The summed E-state index contributed by atoms with van der Waals surface area (Å²) in [5.41, 5.74) is 5.49. The molecular formula is C8H19NS. The lowest BCUT2D eigenvalue weighted by atomic mass is 10.2. The number of thioether (sulfide) groups is 1. The molecule has 62 valence electrons. The highest BCUT2D eigenvalue weighted by molar-refractivity contribution is 7.99. The maximum Gasteiger partial charge on any atom is 0.00162 e. The zero-order chi connectivity index (χ0) is 7.98. The van der Waals surface area contributed by atoms with Crippen LogP contribution in [0.25, 0.3) is 0 Å². The quantitative estimate of drug-likeness (QED) is 0.668. The van der Waals surface area contributed by atoms with E-state index >= 15 is 0 Å². The van der Waals surface area contributed by atoms with Gasteiger partial charge in [-0.05, 0) is 24.6 Å². The van der Waals surface area contributed by atoms with Gasteiger partial charge >= 0.3 is 0 Å². The van der Waals surface area contributed by atoms with E-state index in [0.29, 0.717) is 5.92 Å². The highest BCUT2D eigenvalue weighted by Gasteiger charge is 2.02. The Morgan fingerprint density at radius 1 is 1.40 bits per heavy atom. The first kappa shape index (κ1) is 10.3. The van der Waals surface area contributed by atoms with Crippen molar-refractivity contribution in [3.8, 4) is 0 Å². The SMILES string of the molecule is CCC(C)SCC(C)CN. The first-order chi connectivity index (χ1) is 4.70. The molecule has 0 heterocycles. The molecular weight excluding hydrogens is 142 g/mol. The van der Waals surface area contributed by atoms with E-state index in [1.807, 2.05) is 11.8 Å². The van der Waals surface area contributed by atoms with Crippen molar-refractivity contribution < 1.29 is 0 Å². The van der Waals surface area contributed by atoms with Crippen LogP contribution in [-0.2, 0) is 0 Å². The van der Waals surface area contributed by atoms with Gasteiger partial charge in [-0.3, -0.25) is 0 Å². The predicted molar refractivity (Wildman–Crippen MR) is 50.4 cm³/mol. The summed E-state index contributed by atoms with van der Waals surface area (Å²) in [6, 6.07) is 0. The Morgan fingerprint density at radius 3 is 2.40 bits per heavy atom. The van der Waals surface area contributed by atoms with E-state index in [4.69, 9.17) is 5.73 Å². The van der Waals surface area contributed by atoms with Crippen LogP contribution in [0.3, 0.4) is 0 Å². The maximum atomic E-state index is 5.49. The molecule has 2 unspecified atom stereocenters. The van der Waals surface area contributed by atoms with Gasteiger partial charge < -0.3 is 5.73 Å². The average molecular weight is 161 g/mol. The maximum absolute atomic E-state index is 5.49. The highest BCUT2D eigenvalue weighted by Crippen LogP contribution is 2.16. The molecule has 0 saturated carbocycles. The van der Waals surface area contributed by atoms with Crippen molar-refractivity contribution in [3.05, 3.63) is 0 Å². The number of nitrogens with two attached hydrogens (primary N) is 1. The standard InChI is InChI=1S/C8H19NS/c1-4-8(3)10-6-7(2)5-9/h7-8H,4-6,9H2,1-3H3. The summed E-state index contributed by atoms with van der Waals surface area (Å²) < 4.78 is 0. The molecule has 0 spiro atoms. The normalized spacial score (nSPS) is 16.8. The van der Waals surface area contributed by atoms with Gasteiger partial charge in [0, 0.05) is 5.25 Å². The van der Waals surface area contributed by atoms with Gasteiger partial charge in [-0.2, -0.15) is 11.8 Å². The number of hydrogen-bond acceptors (Lipinski definition) is 2. The number of hydrogen-bond donors (Lipinski definition) is 1. The molecule has 0 radical (unpaired) electrons. The second kappa shape index (κ2) is 6.05. The molecule has 10 heavy (non-hydrogen) atoms. The third-order valence-corrected chi connectivity index (χ3v) is 3.31. The van der Waals surface area contributed by atoms with Crippen LogP contribution in [0.4, 0.5) is 0 Å². The molecule has 0 aliphatic carbocycles. The second-order valence-corrected chi connectivity index (χ2v) is 4.36. The highest BCUT2D eigenvalue weighted by atomic mass is 32.2. The molecule has 0 aromatic carbocycles. The fraction of sp³-hybridized carbons (Fsp3) is 1.00. The van der Waals surface area contributed by atoms with Gasteiger partial charge in [-0.25, -0.2) is 0 Å². The van der Waals surface area contributed by atoms with Crippen molar-refractivity contribution >= 4 is 11.8 Å². The van der Waals surface area contributed by atoms with Crippen molar-refractivity contribution in [1.82, 2.24) is 0 Å². The smallest absolute Gasteiger partial charge is 0.00162 e. The van der Waals surface area contributed by atoms with Crippen molar-refractivity contribution in [3.63, 3.8) is 0 Å². The minimum Gasteiger partial charge on any atom is -0.330 e. The van der Waals surface area contributed by atoms with Crippen LogP contribution in [0.2, 0.25) is 0 Å². The predicted octanol–water partition coefficient (Wildman–Crippen LogP) is 2.11. The summed E-state index contributed by atoms with van der Waals surface area (Å²) >= 11 is 2.03. The van der Waals surface area contributed by atoms with E-state index in [9.17, 15) is 0 Å². The first-order valence-electron chi connectivity index (χ1n) is 4.02. The Balaban J connectivity index is 3.17. The van der Waals surface area contributed by atoms with Crippen molar-refractivity contribution in [2.75, 3.05) is 12.3 Å². The van der Waals surface area contributed by atoms with Crippen LogP contribution in [-0.4, -0.2) is 17.5 Å². The van der Waals surface area contributed by atoms with Gasteiger partial charge in [-0.1, -0.05) is 20.8 Å². The van der Waals surface area contributed by atoms with Crippen LogP contribution < -0.4 is 5.73 Å². The van der Waals surface area contributed by atoms with E-state index in [1.54, 1.807) is 0 Å². The fourth-order valence-corrected chi connectivity index (χ4v) is 1.54. The van der Waals surface area contributed by atoms with E-state index in [1.165, 1.54) is 12.2 Å². The Kier molecular flexibility index (Phi) is 6.24.